The van der Waals surface area contributed by atoms with E-state index in [1.54, 1.807) is 4.90 Å². The highest BCUT2D eigenvalue weighted by molar-refractivity contribution is 7.06. The summed E-state index contributed by atoms with van der Waals surface area (Å²) >= 11 is 1.33. The van der Waals surface area contributed by atoms with Crippen molar-refractivity contribution < 1.29 is 14.3 Å². The van der Waals surface area contributed by atoms with E-state index in [0.29, 0.717) is 18.7 Å². The number of amides is 1. The number of hydrogen-bond acceptors (Lipinski definition) is 5. The van der Waals surface area contributed by atoms with Gasteiger partial charge in [0.25, 0.3) is 0 Å². The smallest absolute Gasteiger partial charge is 0.410 e. The summed E-state index contributed by atoms with van der Waals surface area (Å²) in [5, 5.41) is 0. The summed E-state index contributed by atoms with van der Waals surface area (Å²) in [6.45, 7) is 10.5. The minimum Gasteiger partial charge on any atom is -0.444 e. The predicted octanol–water partition coefficient (Wildman–Crippen LogP) is 3.59. The van der Waals surface area contributed by atoms with E-state index in [2.05, 4.69) is 16.2 Å². The van der Waals surface area contributed by atoms with Crippen LogP contribution in [0.3, 0.4) is 0 Å². The summed E-state index contributed by atoms with van der Waals surface area (Å²) in [6.07, 6.45) is 1.25. The number of hydrogen-bond donors (Lipinski definition) is 0. The van der Waals surface area contributed by atoms with Crippen LogP contribution in [0.15, 0.2) is 0 Å². The van der Waals surface area contributed by atoms with Crippen molar-refractivity contribution in [1.29, 1.82) is 0 Å². The first kappa shape index (κ1) is 18.5. The molecule has 0 aliphatic carbocycles. The molecule has 2 rings (SSSR count). The first-order valence-corrected chi connectivity index (χ1v) is 8.91. The lowest BCUT2D eigenvalue weighted by molar-refractivity contribution is 0.0199. The number of aryl methyl sites for hydroxylation is 2. The molecule has 130 valence electrons. The van der Waals surface area contributed by atoms with Crippen molar-refractivity contribution in [2.24, 2.45) is 5.92 Å². The number of likely N-dealkylation sites (tertiary alicyclic amines) is 1. The second kappa shape index (κ2) is 7.35. The second-order valence-corrected chi connectivity index (χ2v) is 8.02. The van der Waals surface area contributed by atoms with Gasteiger partial charge in [-0.15, -0.1) is 0 Å². The van der Waals surface area contributed by atoms with E-state index >= 15 is 0 Å². The quantitative estimate of drug-likeness (QED) is 0.442. The Labute approximate surface area is 147 Å². The fraction of sp³-hybridized carbons (Fsp3) is 0.611. The summed E-state index contributed by atoms with van der Waals surface area (Å²) in [5.74, 6) is 5.81. The molecule has 1 aromatic heterocycles. The third-order valence-electron chi connectivity index (χ3n) is 3.80. The maximum absolute atomic E-state index is 12.2. The number of carbonyl (C=O) groups is 2. The summed E-state index contributed by atoms with van der Waals surface area (Å²) in [7, 11) is 0. The lowest BCUT2D eigenvalue weighted by Gasteiger charge is -2.31. The van der Waals surface area contributed by atoms with E-state index in [1.165, 1.54) is 11.5 Å². The predicted molar refractivity (Wildman–Crippen MR) is 94.2 cm³/mol. The maximum atomic E-state index is 12.2. The Balaban J connectivity index is 1.90. The zero-order valence-corrected chi connectivity index (χ0v) is 15.7. The van der Waals surface area contributed by atoms with Gasteiger partial charge < -0.3 is 9.64 Å². The van der Waals surface area contributed by atoms with Gasteiger partial charge in [-0.3, -0.25) is 4.79 Å². The summed E-state index contributed by atoms with van der Waals surface area (Å²) < 4.78 is 9.56. The fourth-order valence-electron chi connectivity index (χ4n) is 2.57. The van der Waals surface area contributed by atoms with Gasteiger partial charge in [0.2, 0.25) is 5.78 Å². The maximum Gasteiger partial charge on any atom is 0.410 e. The lowest BCUT2D eigenvalue weighted by atomic mass is 9.97. The van der Waals surface area contributed by atoms with Gasteiger partial charge in [0.1, 0.15) is 5.60 Å². The zero-order chi connectivity index (χ0) is 17.9. The van der Waals surface area contributed by atoms with Crippen LogP contribution in [-0.4, -0.2) is 39.8 Å². The number of ether oxygens (including phenoxy) is 1. The molecule has 2 heterocycles. The SMILES string of the molecule is Cc1nsc(C)c1C(=O)C#CC1CCN(C(=O)OC(C)(C)C)CC1. The van der Waals surface area contributed by atoms with Gasteiger partial charge in [-0.25, -0.2) is 4.79 Å². The van der Waals surface area contributed by atoms with Gasteiger partial charge >= 0.3 is 6.09 Å². The van der Waals surface area contributed by atoms with Gasteiger partial charge in [-0.1, -0.05) is 5.92 Å². The number of carbonyl (C=O) groups excluding carboxylic acids is 2. The minimum absolute atomic E-state index is 0.139. The number of ketones is 1. The average Bonchev–Trinajstić information content (AvgIpc) is 2.83. The molecule has 0 N–H and O–H groups in total. The molecule has 1 aliphatic rings. The Morgan fingerprint density at radius 3 is 2.38 bits per heavy atom. The molecule has 0 radical (unpaired) electrons. The minimum atomic E-state index is -0.482. The van der Waals surface area contributed by atoms with E-state index < -0.39 is 5.60 Å². The third-order valence-corrected chi connectivity index (χ3v) is 4.64. The van der Waals surface area contributed by atoms with E-state index in [0.717, 1.165) is 23.4 Å². The van der Waals surface area contributed by atoms with Crippen molar-refractivity contribution in [3.63, 3.8) is 0 Å². The van der Waals surface area contributed by atoms with Crippen molar-refractivity contribution in [2.45, 2.75) is 53.1 Å². The van der Waals surface area contributed by atoms with Crippen molar-refractivity contribution >= 4 is 23.4 Å². The van der Waals surface area contributed by atoms with Gasteiger partial charge in [-0.05, 0) is 64.9 Å². The summed E-state index contributed by atoms with van der Waals surface area (Å²) in [6, 6.07) is 0. The molecule has 0 unspecified atom stereocenters. The van der Waals surface area contributed by atoms with Gasteiger partial charge in [0.15, 0.2) is 0 Å². The summed E-state index contributed by atoms with van der Waals surface area (Å²) in [5.41, 5.74) is 0.903. The molecule has 0 bridgehead atoms. The van der Waals surface area contributed by atoms with Crippen LogP contribution in [0.4, 0.5) is 4.79 Å². The highest BCUT2D eigenvalue weighted by atomic mass is 32.1. The summed E-state index contributed by atoms with van der Waals surface area (Å²) in [4.78, 5) is 26.9. The monoisotopic (exact) mass is 348 g/mol. The van der Waals surface area contributed by atoms with Crippen LogP contribution in [0.2, 0.25) is 0 Å². The molecule has 0 atom stereocenters. The fourth-order valence-corrected chi connectivity index (χ4v) is 3.27. The van der Waals surface area contributed by atoms with Gasteiger partial charge in [-0.2, -0.15) is 4.37 Å². The number of piperidine rings is 1. The molecule has 1 aliphatic heterocycles. The van der Waals surface area contributed by atoms with Crippen molar-refractivity contribution in [3.05, 3.63) is 16.1 Å². The van der Waals surface area contributed by atoms with Crippen molar-refractivity contribution in [3.8, 4) is 11.8 Å². The number of nitrogens with zero attached hydrogens (tertiary/aromatic N) is 2. The van der Waals surface area contributed by atoms with Crippen LogP contribution in [-0.2, 0) is 4.74 Å². The molecule has 0 aromatic carbocycles. The van der Waals surface area contributed by atoms with Crippen LogP contribution in [0, 0.1) is 31.6 Å². The first-order chi connectivity index (χ1) is 11.2. The highest BCUT2D eigenvalue weighted by Gasteiger charge is 2.26. The Bertz CT molecular complexity index is 664. The Hall–Kier alpha value is -1.87. The van der Waals surface area contributed by atoms with Crippen LogP contribution >= 0.6 is 11.5 Å². The van der Waals surface area contributed by atoms with Crippen LogP contribution in [0.1, 0.15) is 54.5 Å². The highest BCUT2D eigenvalue weighted by Crippen LogP contribution is 2.20. The average molecular weight is 348 g/mol. The number of aromatic nitrogens is 1. The third kappa shape index (κ3) is 4.81. The molecule has 5 nitrogen and oxygen atoms in total. The molecule has 6 heteroatoms. The topological polar surface area (TPSA) is 59.5 Å². The Morgan fingerprint density at radius 1 is 1.25 bits per heavy atom. The molecule has 1 fully saturated rings. The number of rotatable bonds is 1. The molecule has 1 aromatic rings. The molecular formula is C18H24N2O3S. The first-order valence-electron chi connectivity index (χ1n) is 8.14. The number of Topliss-reactive ketones (excluding diaryl/α,β-unsaturated/α-hetero) is 1. The van der Waals surface area contributed by atoms with Crippen molar-refractivity contribution in [2.75, 3.05) is 13.1 Å². The normalized spacial score (nSPS) is 15.6. The largest absolute Gasteiger partial charge is 0.444 e. The lowest BCUT2D eigenvalue weighted by Crippen LogP contribution is -2.41. The van der Waals surface area contributed by atoms with Crippen molar-refractivity contribution in [1.82, 2.24) is 9.27 Å². The molecular weight excluding hydrogens is 324 g/mol. The van der Waals surface area contributed by atoms with E-state index in [1.807, 2.05) is 34.6 Å². The molecule has 24 heavy (non-hydrogen) atoms. The van der Waals surface area contributed by atoms with E-state index in [4.69, 9.17) is 4.74 Å². The van der Waals surface area contributed by atoms with Gasteiger partial charge in [0.05, 0.1) is 11.3 Å². The van der Waals surface area contributed by atoms with Gasteiger partial charge in [0, 0.05) is 23.9 Å². The molecule has 0 spiro atoms. The Morgan fingerprint density at radius 2 is 1.88 bits per heavy atom. The molecule has 1 amide bonds. The van der Waals surface area contributed by atoms with E-state index in [9.17, 15) is 9.59 Å². The molecule has 0 saturated carbocycles. The Kier molecular flexibility index (Phi) is 5.66. The van der Waals surface area contributed by atoms with Crippen LogP contribution < -0.4 is 0 Å². The molecule has 1 saturated heterocycles. The standard InChI is InChI=1S/C18H24N2O3S/c1-12-16(13(2)24-19-12)15(21)7-6-14-8-10-20(11-9-14)17(22)23-18(3,4)5/h14H,8-11H2,1-5H3. The van der Waals surface area contributed by atoms with E-state index in [-0.39, 0.29) is 17.8 Å². The zero-order valence-electron chi connectivity index (χ0n) is 14.9. The second-order valence-electron chi connectivity index (χ2n) is 7.04. The van der Waals surface area contributed by atoms with Crippen LogP contribution in [0.5, 0.6) is 0 Å². The van der Waals surface area contributed by atoms with Crippen LogP contribution in [0.25, 0.3) is 0 Å².